The molecule has 0 atom stereocenters. The molecule has 1 fully saturated rings. The quantitative estimate of drug-likeness (QED) is 0.754. The summed E-state index contributed by atoms with van der Waals surface area (Å²) >= 11 is 6.04. The highest BCUT2D eigenvalue weighted by atomic mass is 35.5. The summed E-state index contributed by atoms with van der Waals surface area (Å²) in [6.07, 6.45) is 0. The molecule has 1 aliphatic heterocycles. The average Bonchev–Trinajstić information content (AvgIpc) is 2.68. The summed E-state index contributed by atoms with van der Waals surface area (Å²) < 4.78 is 59.5. The molecule has 0 unspecified atom stereocenters. The molecule has 1 saturated heterocycles. The number of hydrogen-bond donors (Lipinski definition) is 1. The van der Waals surface area contributed by atoms with Gasteiger partial charge in [0.2, 0.25) is 20.0 Å². The number of nitrogens with zero attached hydrogens (tertiary/aromatic N) is 1. The molecule has 2 aromatic rings. The smallest absolute Gasteiger partial charge is 0.243 e. The zero-order valence-electron chi connectivity index (χ0n) is 14.3. The maximum absolute atomic E-state index is 12.7. The second kappa shape index (κ2) is 8.26. The summed E-state index contributed by atoms with van der Waals surface area (Å²) in [7, 11) is -7.68. The number of ether oxygens (including phenoxy) is 1. The van der Waals surface area contributed by atoms with Crippen LogP contribution in [0.3, 0.4) is 0 Å². The number of nitrogens with one attached hydrogen (secondary N) is 1. The zero-order valence-corrected chi connectivity index (χ0v) is 16.7. The maximum Gasteiger partial charge on any atom is 0.243 e. The molecule has 0 spiro atoms. The Labute approximate surface area is 164 Å². The molecule has 7 nitrogen and oxygen atoms in total. The van der Waals surface area contributed by atoms with E-state index in [4.69, 9.17) is 16.3 Å². The normalized spacial score (nSPS) is 16.3. The molecule has 2 aromatic carbocycles. The van der Waals surface area contributed by atoms with Crippen LogP contribution in [-0.4, -0.2) is 47.4 Å². The first-order valence-electron chi connectivity index (χ1n) is 8.22. The molecule has 0 amide bonds. The molecule has 1 aliphatic rings. The largest absolute Gasteiger partial charge is 0.379 e. The fraction of sp³-hybridized carbons (Fsp3) is 0.294. The molecule has 1 heterocycles. The molecule has 0 bridgehead atoms. The predicted molar refractivity (Wildman–Crippen MR) is 101 cm³/mol. The number of hydrogen-bond acceptors (Lipinski definition) is 5. The number of halogens is 1. The topological polar surface area (TPSA) is 92.8 Å². The summed E-state index contributed by atoms with van der Waals surface area (Å²) in [4.78, 5) is -0.186. The maximum atomic E-state index is 12.7. The van der Waals surface area contributed by atoms with E-state index in [1.165, 1.54) is 28.6 Å². The third kappa shape index (κ3) is 4.68. The van der Waals surface area contributed by atoms with E-state index in [1.54, 1.807) is 24.3 Å². The highest BCUT2D eigenvalue weighted by Gasteiger charge is 2.27. The van der Waals surface area contributed by atoms with Gasteiger partial charge in [0.25, 0.3) is 0 Å². The van der Waals surface area contributed by atoms with E-state index in [2.05, 4.69) is 4.72 Å². The van der Waals surface area contributed by atoms with Gasteiger partial charge in [-0.2, -0.15) is 4.31 Å². The van der Waals surface area contributed by atoms with Crippen LogP contribution >= 0.6 is 11.6 Å². The highest BCUT2D eigenvalue weighted by molar-refractivity contribution is 7.90. The van der Waals surface area contributed by atoms with Crippen LogP contribution in [0.2, 0.25) is 5.02 Å². The molecule has 0 aliphatic carbocycles. The van der Waals surface area contributed by atoms with E-state index in [0.29, 0.717) is 23.8 Å². The van der Waals surface area contributed by atoms with Crippen LogP contribution < -0.4 is 4.72 Å². The molecule has 10 heteroatoms. The van der Waals surface area contributed by atoms with E-state index < -0.39 is 20.0 Å². The van der Waals surface area contributed by atoms with E-state index in [9.17, 15) is 16.8 Å². The highest BCUT2D eigenvalue weighted by Crippen LogP contribution is 2.21. The predicted octanol–water partition coefficient (Wildman–Crippen LogP) is 1.84. The van der Waals surface area contributed by atoms with Gasteiger partial charge in [-0.25, -0.2) is 21.6 Å². The number of benzene rings is 2. The lowest BCUT2D eigenvalue weighted by molar-refractivity contribution is 0.0730. The molecule has 1 N–H and O–H groups in total. The van der Waals surface area contributed by atoms with E-state index in [0.717, 1.165) is 0 Å². The van der Waals surface area contributed by atoms with Crippen molar-refractivity contribution < 1.29 is 21.6 Å². The van der Waals surface area contributed by atoms with Crippen molar-refractivity contribution in [2.24, 2.45) is 0 Å². The Balaban J connectivity index is 1.82. The molecule has 0 radical (unpaired) electrons. The van der Waals surface area contributed by atoms with Gasteiger partial charge in [-0.3, -0.25) is 0 Å². The number of rotatable bonds is 6. The first-order chi connectivity index (χ1) is 12.8. The third-order valence-electron chi connectivity index (χ3n) is 4.13. The Hall–Kier alpha value is -1.49. The lowest BCUT2D eigenvalue weighted by Gasteiger charge is -2.26. The first-order valence-corrected chi connectivity index (χ1v) is 11.5. The van der Waals surface area contributed by atoms with Gasteiger partial charge in [-0.15, -0.1) is 0 Å². The van der Waals surface area contributed by atoms with Crippen molar-refractivity contribution in [2.75, 3.05) is 26.3 Å². The van der Waals surface area contributed by atoms with Gasteiger partial charge in [0, 0.05) is 24.7 Å². The lowest BCUT2D eigenvalue weighted by atomic mass is 10.2. The summed E-state index contributed by atoms with van der Waals surface area (Å²) in [5, 5.41) is 0.448. The lowest BCUT2D eigenvalue weighted by Crippen LogP contribution is -2.40. The van der Waals surface area contributed by atoms with Crippen molar-refractivity contribution in [1.29, 1.82) is 0 Å². The molecule has 3 rings (SSSR count). The molecule has 27 heavy (non-hydrogen) atoms. The van der Waals surface area contributed by atoms with Gasteiger partial charge in [0.05, 0.1) is 23.0 Å². The average molecular weight is 431 g/mol. The van der Waals surface area contributed by atoms with Crippen LogP contribution in [0, 0.1) is 0 Å². The third-order valence-corrected chi connectivity index (χ3v) is 7.80. The second-order valence-electron chi connectivity index (χ2n) is 5.91. The Kier molecular flexibility index (Phi) is 6.19. The van der Waals surface area contributed by atoms with E-state index in [1.807, 2.05) is 0 Å². The number of morpholine rings is 1. The Bertz CT molecular complexity index is 1020. The molecular formula is C17H19ClN2O5S2. The minimum Gasteiger partial charge on any atom is -0.379 e. The van der Waals surface area contributed by atoms with Crippen LogP contribution in [0.4, 0.5) is 0 Å². The standard InChI is InChI=1S/C17H19ClN2O5S2/c18-17-7-2-1-4-14(17)13-19-26(21,22)15-5-3-6-16(12-15)27(23,24)20-8-10-25-11-9-20/h1-7,12,19H,8-11,13H2. The van der Waals surface area contributed by atoms with Crippen LogP contribution in [0.25, 0.3) is 0 Å². The van der Waals surface area contributed by atoms with E-state index >= 15 is 0 Å². The van der Waals surface area contributed by atoms with Crippen LogP contribution in [0.1, 0.15) is 5.56 Å². The molecule has 146 valence electrons. The van der Waals surface area contributed by atoms with Crippen molar-refractivity contribution in [3.05, 3.63) is 59.1 Å². The minimum atomic E-state index is -3.91. The monoisotopic (exact) mass is 430 g/mol. The van der Waals surface area contributed by atoms with Crippen LogP contribution in [0.15, 0.2) is 58.3 Å². The Morgan fingerprint density at radius 1 is 0.963 bits per heavy atom. The SMILES string of the molecule is O=S(=O)(NCc1ccccc1Cl)c1cccc(S(=O)(=O)N2CCOCC2)c1. The fourth-order valence-electron chi connectivity index (χ4n) is 2.64. The fourth-order valence-corrected chi connectivity index (χ4v) is 5.42. The van der Waals surface area contributed by atoms with Gasteiger partial charge in [-0.1, -0.05) is 35.9 Å². The summed E-state index contributed by atoms with van der Waals surface area (Å²) in [6, 6.07) is 12.2. The summed E-state index contributed by atoms with van der Waals surface area (Å²) in [5.74, 6) is 0. The Morgan fingerprint density at radius 3 is 2.33 bits per heavy atom. The van der Waals surface area contributed by atoms with Crippen molar-refractivity contribution >= 4 is 31.6 Å². The van der Waals surface area contributed by atoms with E-state index in [-0.39, 0.29) is 29.4 Å². The van der Waals surface area contributed by atoms with Gasteiger partial charge in [-0.05, 0) is 29.8 Å². The van der Waals surface area contributed by atoms with Gasteiger partial charge < -0.3 is 4.74 Å². The van der Waals surface area contributed by atoms with Gasteiger partial charge >= 0.3 is 0 Å². The minimum absolute atomic E-state index is 0.00243. The van der Waals surface area contributed by atoms with Crippen LogP contribution in [-0.2, 0) is 31.3 Å². The summed E-state index contributed by atoms with van der Waals surface area (Å²) in [5.41, 5.74) is 0.625. The van der Waals surface area contributed by atoms with Gasteiger partial charge in [0.1, 0.15) is 0 Å². The summed E-state index contributed by atoms with van der Waals surface area (Å²) in [6.45, 7) is 1.11. The second-order valence-corrected chi connectivity index (χ2v) is 10.0. The zero-order chi connectivity index (χ0) is 19.5. The van der Waals surface area contributed by atoms with Crippen molar-refractivity contribution in [2.45, 2.75) is 16.3 Å². The van der Waals surface area contributed by atoms with Crippen molar-refractivity contribution in [3.8, 4) is 0 Å². The Morgan fingerprint density at radius 2 is 1.63 bits per heavy atom. The molecule has 0 aromatic heterocycles. The molecule has 0 saturated carbocycles. The van der Waals surface area contributed by atoms with Crippen molar-refractivity contribution in [1.82, 2.24) is 9.03 Å². The number of sulfonamides is 2. The van der Waals surface area contributed by atoms with Crippen LogP contribution in [0.5, 0.6) is 0 Å². The first kappa shape index (κ1) is 20.2. The molecular weight excluding hydrogens is 412 g/mol. The van der Waals surface area contributed by atoms with Crippen molar-refractivity contribution in [3.63, 3.8) is 0 Å². The van der Waals surface area contributed by atoms with Gasteiger partial charge in [0.15, 0.2) is 0 Å².